The Hall–Kier alpha value is -1.97. The van der Waals surface area contributed by atoms with Gasteiger partial charge in [-0.05, 0) is 48.2 Å². The number of hydrogen-bond donors (Lipinski definition) is 0. The summed E-state index contributed by atoms with van der Waals surface area (Å²) in [6.07, 6.45) is 7.94. The van der Waals surface area contributed by atoms with E-state index in [9.17, 15) is 0 Å². The number of hydrogen-bond acceptors (Lipinski definition) is 3. The van der Waals surface area contributed by atoms with Gasteiger partial charge in [-0.1, -0.05) is 69.2 Å². The maximum absolute atomic E-state index is 4.76. The molecule has 0 saturated carbocycles. The number of pyridine rings is 1. The third-order valence-electron chi connectivity index (χ3n) is 4.49. The van der Waals surface area contributed by atoms with Gasteiger partial charge in [-0.15, -0.1) is 0 Å². The fraction of sp³-hybridized carbons (Fsp3) is 0.240. The molecule has 0 N–H and O–H groups in total. The van der Waals surface area contributed by atoms with E-state index in [4.69, 9.17) is 20.2 Å². The van der Waals surface area contributed by atoms with E-state index in [0.717, 1.165) is 48.4 Å². The summed E-state index contributed by atoms with van der Waals surface area (Å²) in [6, 6.07) is 22.5. The first-order chi connectivity index (χ1) is 15.2. The zero-order valence-electron chi connectivity index (χ0n) is 17.8. The van der Waals surface area contributed by atoms with Crippen LogP contribution in [0.2, 0.25) is 0 Å². The second kappa shape index (κ2) is 14.9. The van der Waals surface area contributed by atoms with Gasteiger partial charge in [0.2, 0.25) is 0 Å². The molecule has 3 nitrogen and oxygen atoms in total. The van der Waals surface area contributed by atoms with Crippen molar-refractivity contribution in [3.8, 4) is 0 Å². The van der Waals surface area contributed by atoms with Gasteiger partial charge in [0.05, 0.1) is 35.2 Å². The van der Waals surface area contributed by atoms with E-state index < -0.39 is 0 Å². The first-order valence-electron chi connectivity index (χ1n) is 10.3. The minimum atomic E-state index is 0.194. The van der Waals surface area contributed by atoms with E-state index in [0.29, 0.717) is 0 Å². The molecule has 0 aliphatic heterocycles. The molecule has 0 bridgehead atoms. The molecule has 0 saturated heterocycles. The van der Waals surface area contributed by atoms with Crippen LogP contribution in [0.1, 0.15) is 49.2 Å². The van der Waals surface area contributed by atoms with Gasteiger partial charge in [0.1, 0.15) is 0 Å². The van der Waals surface area contributed by atoms with Crippen molar-refractivity contribution in [1.29, 1.82) is 0 Å². The van der Waals surface area contributed by atoms with Crippen LogP contribution in [-0.2, 0) is 26.0 Å². The average Bonchev–Trinajstić information content (AvgIpc) is 2.79. The predicted octanol–water partition coefficient (Wildman–Crippen LogP) is 7.86. The van der Waals surface area contributed by atoms with Crippen molar-refractivity contribution < 1.29 is 13.1 Å². The molecular weight excluding hydrogens is 469 g/mol. The summed E-state index contributed by atoms with van der Waals surface area (Å²) in [4.78, 5) is 14.0. The molecule has 0 amide bonds. The monoisotopic (exact) mass is 495 g/mol. The summed E-state index contributed by atoms with van der Waals surface area (Å²) in [7, 11) is 9.53. The first-order valence-corrected chi connectivity index (χ1v) is 13.3. The maximum atomic E-state index is 4.76. The van der Waals surface area contributed by atoms with Gasteiger partial charge >= 0.3 is 33.3 Å². The van der Waals surface area contributed by atoms with Crippen molar-refractivity contribution >= 4 is 44.0 Å². The Labute approximate surface area is 200 Å². The minimum absolute atomic E-state index is 0.194. The first kappa shape index (κ1) is 25.3. The van der Waals surface area contributed by atoms with E-state index >= 15 is 0 Å². The van der Waals surface area contributed by atoms with Crippen LogP contribution in [0.5, 0.6) is 0 Å². The van der Waals surface area contributed by atoms with E-state index in [1.807, 2.05) is 42.8 Å². The number of para-hydroxylation sites is 2. The van der Waals surface area contributed by atoms with Crippen LogP contribution in [0.25, 0.3) is 0 Å². The zero-order chi connectivity index (χ0) is 22.3. The number of nitrogens with zero attached hydrogens (tertiary/aromatic N) is 3. The summed E-state index contributed by atoms with van der Waals surface area (Å²) in [5, 5.41) is 0. The Morgan fingerprint density at radius 2 is 1.13 bits per heavy atom. The molecule has 0 aliphatic carbocycles. The number of benzene rings is 2. The van der Waals surface area contributed by atoms with E-state index in [-0.39, 0.29) is 13.1 Å². The van der Waals surface area contributed by atoms with Crippen LogP contribution in [0.4, 0.5) is 11.4 Å². The topological polar surface area (TPSA) is 37.6 Å². The normalized spacial score (nSPS) is 11.1. The van der Waals surface area contributed by atoms with Crippen LogP contribution in [0.15, 0.2) is 76.7 Å². The third kappa shape index (κ3) is 8.96. The van der Waals surface area contributed by atoms with Gasteiger partial charge < -0.3 is 0 Å². The molecule has 0 aliphatic rings. The second-order valence-corrected chi connectivity index (χ2v) is 8.64. The fourth-order valence-electron chi connectivity index (χ4n) is 3.12. The molecule has 0 unspecified atom stereocenters. The summed E-state index contributed by atoms with van der Waals surface area (Å²) >= 11 is 0.194. The van der Waals surface area contributed by atoms with Crippen molar-refractivity contribution in [3.05, 3.63) is 89.2 Å². The van der Waals surface area contributed by atoms with E-state index in [1.54, 1.807) is 0 Å². The number of aryl methyl sites for hydroxylation is 2. The Kier molecular flexibility index (Phi) is 12.2. The molecular formula is C25H27Cl2FeN3. The molecule has 0 spiro atoms. The van der Waals surface area contributed by atoms with E-state index in [2.05, 4.69) is 65.2 Å². The molecule has 3 aromatic rings. The van der Waals surface area contributed by atoms with Crippen molar-refractivity contribution in [2.75, 3.05) is 0 Å². The standard InChI is InChI=1S/C25H27N3.2ClH.Fe/c1-3-10-20-12-5-7-16-24(20)26-18-22-14-9-15-23(28-22)19-27-25-17-8-6-13-21(25)11-4-2;;;/h5-9,12-19H,3-4,10-11H2,1-2H3;2*1H;/q;;;+2/p-2. The third-order valence-corrected chi connectivity index (χ3v) is 4.49. The van der Waals surface area contributed by atoms with Crippen LogP contribution in [0.3, 0.4) is 0 Å². The molecule has 3 rings (SSSR count). The average molecular weight is 496 g/mol. The molecule has 0 fully saturated rings. The van der Waals surface area contributed by atoms with Gasteiger partial charge in [0, 0.05) is 0 Å². The molecule has 31 heavy (non-hydrogen) atoms. The van der Waals surface area contributed by atoms with Gasteiger partial charge in [-0.25, -0.2) is 4.98 Å². The Balaban J connectivity index is 0.00000107. The predicted molar refractivity (Wildman–Crippen MR) is 131 cm³/mol. The van der Waals surface area contributed by atoms with Gasteiger partial charge in [0.15, 0.2) is 0 Å². The zero-order valence-corrected chi connectivity index (χ0v) is 20.4. The number of halogens is 2. The van der Waals surface area contributed by atoms with Crippen LogP contribution < -0.4 is 0 Å². The molecule has 1 aromatic heterocycles. The van der Waals surface area contributed by atoms with Crippen molar-refractivity contribution in [3.63, 3.8) is 0 Å². The fourth-order valence-corrected chi connectivity index (χ4v) is 3.12. The summed E-state index contributed by atoms with van der Waals surface area (Å²) in [5.74, 6) is 0. The summed E-state index contributed by atoms with van der Waals surface area (Å²) in [6.45, 7) is 4.37. The SMILES string of the molecule is CCCc1ccccc1N=Cc1cccc(C=Nc2ccccc2CCC)n1.[Cl][Fe][Cl]. The van der Waals surface area contributed by atoms with Crippen LogP contribution in [0, 0.1) is 0 Å². The molecule has 2 aromatic carbocycles. The Morgan fingerprint density at radius 1 is 0.710 bits per heavy atom. The quantitative estimate of drug-likeness (QED) is 0.231. The van der Waals surface area contributed by atoms with Crippen molar-refractivity contribution in [2.45, 2.75) is 39.5 Å². The summed E-state index contributed by atoms with van der Waals surface area (Å²) in [5.41, 5.74) is 6.23. The number of aromatic nitrogens is 1. The molecule has 1 heterocycles. The second-order valence-electron chi connectivity index (χ2n) is 6.81. The number of aliphatic imine (C=N–C) groups is 2. The van der Waals surface area contributed by atoms with Crippen LogP contribution in [-0.4, -0.2) is 17.4 Å². The summed E-state index contributed by atoms with van der Waals surface area (Å²) < 4.78 is 0. The Bertz CT molecular complexity index is 915. The van der Waals surface area contributed by atoms with Gasteiger partial charge in [-0.2, -0.15) is 0 Å². The molecule has 6 heteroatoms. The van der Waals surface area contributed by atoms with Crippen LogP contribution >= 0.6 is 20.2 Å². The van der Waals surface area contributed by atoms with E-state index in [1.165, 1.54) is 11.1 Å². The van der Waals surface area contributed by atoms with Crippen molar-refractivity contribution in [1.82, 2.24) is 4.98 Å². The number of rotatable bonds is 8. The molecule has 0 atom stereocenters. The van der Waals surface area contributed by atoms with Gasteiger partial charge in [-0.3, -0.25) is 9.98 Å². The molecule has 164 valence electrons. The Morgan fingerprint density at radius 3 is 1.55 bits per heavy atom. The van der Waals surface area contributed by atoms with Gasteiger partial charge in [0.25, 0.3) is 0 Å². The molecule has 0 radical (unpaired) electrons. The van der Waals surface area contributed by atoms with Crippen molar-refractivity contribution in [2.24, 2.45) is 9.98 Å².